The minimum absolute atomic E-state index is 0.156. The fraction of sp³-hybridized carbons (Fsp3) is 0.440. The number of furan rings is 1. The molecule has 4 amide bonds. The number of hydrogen-bond acceptors (Lipinski definition) is 10. The quantitative estimate of drug-likeness (QED) is 0.0920. The van der Waals surface area contributed by atoms with Crippen LogP contribution in [0.25, 0.3) is 44.7 Å². The van der Waals surface area contributed by atoms with Crippen molar-refractivity contribution in [3.63, 3.8) is 0 Å². The van der Waals surface area contributed by atoms with Crippen molar-refractivity contribution in [3.05, 3.63) is 89.9 Å². The number of hydrogen-bond donors (Lipinski definition) is 4. The van der Waals surface area contributed by atoms with E-state index in [1.807, 2.05) is 74.7 Å². The van der Waals surface area contributed by atoms with Crippen LogP contribution >= 0.6 is 0 Å². The summed E-state index contributed by atoms with van der Waals surface area (Å²) in [6.45, 7) is 8.54. The number of nitrogens with zero attached hydrogens (tertiary/aromatic N) is 5. The van der Waals surface area contributed by atoms with E-state index in [1.165, 1.54) is 20.3 Å². The number of likely N-dealkylation sites (tertiary alicyclic amines) is 2. The summed E-state index contributed by atoms with van der Waals surface area (Å²) in [5, 5.41) is 6.23. The van der Waals surface area contributed by atoms with Gasteiger partial charge in [0.25, 0.3) is 0 Å². The molecule has 7 heterocycles. The summed E-state index contributed by atoms with van der Waals surface area (Å²) < 4.78 is 41.7. The Kier molecular flexibility index (Phi) is 11.7. The second kappa shape index (κ2) is 17.8. The normalized spacial score (nSPS) is 19.8. The monoisotopic (exact) mass is 929 g/mol. The molecule has 5 atom stereocenters. The molecule has 17 nitrogen and oxygen atoms in total. The molecule has 0 spiro atoms. The van der Waals surface area contributed by atoms with E-state index < -0.39 is 36.3 Å². The highest BCUT2D eigenvalue weighted by Crippen LogP contribution is 2.49. The number of ether oxygens (including phenoxy) is 3. The van der Waals surface area contributed by atoms with Crippen LogP contribution in [0.5, 0.6) is 5.75 Å². The molecule has 1 aliphatic carbocycles. The number of amides is 4. The largest absolute Gasteiger partial charge is 0.462 e. The lowest BCUT2D eigenvalue weighted by molar-refractivity contribution is -0.136. The van der Waals surface area contributed by atoms with Gasteiger partial charge in [0.15, 0.2) is 5.76 Å². The number of methoxy groups -OCH3 is 2. The van der Waals surface area contributed by atoms with E-state index in [0.717, 1.165) is 53.6 Å². The number of halogens is 1. The number of aromatic nitrogens is 5. The molecular formula is C50H56FN9O8. The number of alkyl carbamates (subject to hydrolysis) is 2. The second-order valence-electron chi connectivity index (χ2n) is 18.9. The number of fused-ring (bicyclic) bond motifs is 5. The van der Waals surface area contributed by atoms with Crippen molar-refractivity contribution in [1.29, 1.82) is 0 Å². The summed E-state index contributed by atoms with van der Waals surface area (Å²) in [4.78, 5) is 71.7. The van der Waals surface area contributed by atoms with Gasteiger partial charge in [-0.1, -0.05) is 33.8 Å². The van der Waals surface area contributed by atoms with Crippen LogP contribution in [-0.2, 0) is 19.1 Å². The Morgan fingerprint density at radius 3 is 1.87 bits per heavy atom. The van der Waals surface area contributed by atoms with Gasteiger partial charge in [0.1, 0.15) is 41.1 Å². The molecule has 4 aliphatic rings. The molecule has 0 bridgehead atoms. The highest BCUT2D eigenvalue weighted by Gasteiger charge is 2.40. The molecular weight excluding hydrogens is 874 g/mol. The number of carbonyl (C=O) groups is 4. The van der Waals surface area contributed by atoms with Crippen molar-refractivity contribution < 1.29 is 42.2 Å². The van der Waals surface area contributed by atoms with E-state index in [1.54, 1.807) is 22.2 Å². The van der Waals surface area contributed by atoms with Gasteiger partial charge >= 0.3 is 12.2 Å². The molecule has 3 fully saturated rings. The van der Waals surface area contributed by atoms with Crippen molar-refractivity contribution in [3.8, 4) is 39.5 Å². The molecule has 4 aromatic heterocycles. The van der Waals surface area contributed by atoms with Crippen LogP contribution in [0.1, 0.15) is 114 Å². The highest BCUT2D eigenvalue weighted by molar-refractivity contribution is 5.93. The van der Waals surface area contributed by atoms with Gasteiger partial charge in [0.2, 0.25) is 18.0 Å². The molecule has 1 saturated carbocycles. The van der Waals surface area contributed by atoms with Crippen LogP contribution in [0.3, 0.4) is 0 Å². The average molecular weight is 930 g/mol. The summed E-state index contributed by atoms with van der Waals surface area (Å²) in [5.74, 6) is 2.18. The number of rotatable bonds is 12. The lowest BCUT2D eigenvalue weighted by Crippen LogP contribution is -2.51. The minimum Gasteiger partial charge on any atom is -0.462 e. The third kappa shape index (κ3) is 8.12. The standard InChI is InChI=1S/C50H56FN9O8/c1-25(2)42(56-49(63)65-5)46(61)58-17-7-9-35(58)44-52-23-32(54-44)28-13-14-34-30(19-28)21-37-41-31(51)20-29(22-40(41)68-48(60(34)37)39-16-15-38(67-39)27-11-12-27)33-24-53-45(55-33)36-10-8-18-59(36)47(62)43(26(3)4)57-50(64)66-6/h13-16,19-27,35-36,42-43,48H,7-12,17-18H2,1-6H3,(H,52,54)(H,53,55)(H,56,63)(H,57,64)/t35-,36-,42-,43-,48?/m0/s1. The first kappa shape index (κ1) is 44.7. The number of benzene rings is 2. The highest BCUT2D eigenvalue weighted by atomic mass is 19.1. The molecule has 6 aromatic rings. The Morgan fingerprint density at radius 2 is 1.31 bits per heavy atom. The SMILES string of the molecule is COC(=O)N[C@H](C(=O)N1CCC[C@H]1c1ncc(-c2cc(F)c3c(c2)OC(c2ccc(C4CC4)o2)n2c-3cc3cc(-c4cnc([C@@H]5CCCN5C(=O)[C@@H](NC(=O)OC)C(C)C)[nH]4)ccc32)[nH]1)C(C)C. The zero-order valence-corrected chi connectivity index (χ0v) is 38.9. The van der Waals surface area contributed by atoms with Crippen molar-refractivity contribution in [2.24, 2.45) is 11.8 Å². The smallest absolute Gasteiger partial charge is 0.407 e. The molecule has 356 valence electrons. The molecule has 68 heavy (non-hydrogen) atoms. The van der Waals surface area contributed by atoms with Crippen molar-refractivity contribution in [2.75, 3.05) is 27.3 Å². The Hall–Kier alpha value is -7.11. The van der Waals surface area contributed by atoms with Gasteiger partial charge in [0, 0.05) is 35.5 Å². The minimum atomic E-state index is -0.776. The Morgan fingerprint density at radius 1 is 0.735 bits per heavy atom. The van der Waals surface area contributed by atoms with E-state index in [0.29, 0.717) is 77.5 Å². The predicted octanol–water partition coefficient (Wildman–Crippen LogP) is 8.73. The van der Waals surface area contributed by atoms with Crippen molar-refractivity contribution >= 4 is 34.9 Å². The lowest BCUT2D eigenvalue weighted by atomic mass is 10.0. The van der Waals surface area contributed by atoms with Crippen LogP contribution in [0.4, 0.5) is 14.0 Å². The van der Waals surface area contributed by atoms with Gasteiger partial charge in [0.05, 0.1) is 66.9 Å². The summed E-state index contributed by atoms with van der Waals surface area (Å²) in [5.41, 5.74) is 4.41. The molecule has 2 saturated heterocycles. The van der Waals surface area contributed by atoms with E-state index in [9.17, 15) is 19.2 Å². The summed E-state index contributed by atoms with van der Waals surface area (Å²) >= 11 is 0. The lowest BCUT2D eigenvalue weighted by Gasteiger charge is -2.30. The van der Waals surface area contributed by atoms with Crippen LogP contribution in [0, 0.1) is 17.7 Å². The van der Waals surface area contributed by atoms with Crippen molar-refractivity contribution in [2.45, 2.75) is 103 Å². The van der Waals surface area contributed by atoms with E-state index >= 15 is 4.39 Å². The molecule has 4 N–H and O–H groups in total. The number of nitrogens with one attached hydrogen (secondary N) is 4. The van der Waals surface area contributed by atoms with Gasteiger partial charge in [-0.05, 0) is 92.8 Å². The maximum Gasteiger partial charge on any atom is 0.407 e. The van der Waals surface area contributed by atoms with Gasteiger partial charge in [-0.3, -0.25) is 14.2 Å². The molecule has 3 aliphatic heterocycles. The van der Waals surface area contributed by atoms with Gasteiger partial charge in [-0.2, -0.15) is 0 Å². The Bertz CT molecular complexity index is 2910. The molecule has 2 aromatic carbocycles. The first-order valence-electron chi connectivity index (χ1n) is 23.5. The van der Waals surface area contributed by atoms with E-state index in [4.69, 9.17) is 28.6 Å². The molecule has 1 unspecified atom stereocenters. The van der Waals surface area contributed by atoms with Crippen LogP contribution in [-0.4, -0.2) is 97.7 Å². The third-order valence-corrected chi connectivity index (χ3v) is 13.8. The van der Waals surface area contributed by atoms with Crippen LogP contribution in [0.15, 0.2) is 65.3 Å². The number of H-pyrrole nitrogens is 2. The summed E-state index contributed by atoms with van der Waals surface area (Å²) in [6.07, 6.45) is 6.38. The zero-order chi connectivity index (χ0) is 47.5. The van der Waals surface area contributed by atoms with E-state index in [2.05, 4.69) is 20.6 Å². The Balaban J connectivity index is 0.963. The van der Waals surface area contributed by atoms with Gasteiger partial charge in [-0.25, -0.2) is 23.9 Å². The fourth-order valence-electron chi connectivity index (χ4n) is 10.1. The number of aromatic amines is 2. The van der Waals surface area contributed by atoms with Crippen molar-refractivity contribution in [1.82, 2.24) is 44.9 Å². The van der Waals surface area contributed by atoms with Crippen LogP contribution in [0.2, 0.25) is 0 Å². The fourth-order valence-corrected chi connectivity index (χ4v) is 10.1. The molecule has 0 radical (unpaired) electrons. The summed E-state index contributed by atoms with van der Waals surface area (Å²) in [6, 6.07) is 13.0. The second-order valence-corrected chi connectivity index (χ2v) is 18.9. The summed E-state index contributed by atoms with van der Waals surface area (Å²) in [7, 11) is 2.54. The maximum absolute atomic E-state index is 16.9. The van der Waals surface area contributed by atoms with E-state index in [-0.39, 0.29) is 35.7 Å². The number of carbonyl (C=O) groups excluding carboxylic acids is 4. The first-order chi connectivity index (χ1) is 32.8. The number of imidazole rings is 2. The maximum atomic E-state index is 16.9. The predicted molar refractivity (Wildman–Crippen MR) is 248 cm³/mol. The van der Waals surface area contributed by atoms with Gasteiger partial charge < -0.3 is 49.0 Å². The van der Waals surface area contributed by atoms with Crippen LogP contribution < -0.4 is 15.4 Å². The molecule has 10 rings (SSSR count). The first-order valence-corrected chi connectivity index (χ1v) is 23.5. The average Bonchev–Trinajstić information content (AvgIpc) is 4.05. The molecule has 18 heteroatoms. The third-order valence-electron chi connectivity index (χ3n) is 13.8. The Labute approximate surface area is 392 Å². The zero-order valence-electron chi connectivity index (χ0n) is 38.9. The van der Waals surface area contributed by atoms with Gasteiger partial charge in [-0.15, -0.1) is 0 Å². The topological polar surface area (TPSA) is 202 Å².